The fourth-order valence-electron chi connectivity index (χ4n) is 3.51. The molecular formula is C24H20FNP+. The molecule has 1 aromatic heterocycles. The fourth-order valence-corrected chi connectivity index (χ4v) is 7.67. The normalized spacial score (nSPS) is 11.3. The van der Waals surface area contributed by atoms with Gasteiger partial charge in [0.25, 0.3) is 0 Å². The molecule has 3 heteroatoms. The largest absolute Gasteiger partial charge is 0.254 e. The van der Waals surface area contributed by atoms with Gasteiger partial charge in [0.1, 0.15) is 35.2 Å². The lowest BCUT2D eigenvalue weighted by molar-refractivity contribution is 0.620. The van der Waals surface area contributed by atoms with E-state index >= 15 is 0 Å². The van der Waals surface area contributed by atoms with Gasteiger partial charge in [0.05, 0.1) is 11.9 Å². The molecule has 0 amide bonds. The minimum absolute atomic E-state index is 0.304. The number of halogens is 1. The van der Waals surface area contributed by atoms with Crippen molar-refractivity contribution < 1.29 is 4.39 Å². The van der Waals surface area contributed by atoms with E-state index in [-0.39, 0.29) is 5.82 Å². The van der Waals surface area contributed by atoms with E-state index in [1.165, 1.54) is 28.2 Å². The summed E-state index contributed by atoms with van der Waals surface area (Å²) in [6, 6.07) is 35.2. The summed E-state index contributed by atoms with van der Waals surface area (Å²) in [5.74, 6) is -0.304. The van der Waals surface area contributed by atoms with Crippen LogP contribution in [0.4, 0.5) is 4.39 Å². The highest BCUT2D eigenvalue weighted by Gasteiger charge is 2.45. The minimum Gasteiger partial charge on any atom is -0.254 e. The molecule has 0 saturated carbocycles. The van der Waals surface area contributed by atoms with Crippen LogP contribution < -0.4 is 15.9 Å². The van der Waals surface area contributed by atoms with Crippen molar-refractivity contribution in [2.24, 2.45) is 0 Å². The molecule has 0 radical (unpaired) electrons. The van der Waals surface area contributed by atoms with Crippen molar-refractivity contribution in [3.05, 3.63) is 121 Å². The third kappa shape index (κ3) is 3.54. The van der Waals surface area contributed by atoms with Gasteiger partial charge in [0.2, 0.25) is 0 Å². The van der Waals surface area contributed by atoms with Crippen LogP contribution in [0.2, 0.25) is 0 Å². The molecule has 27 heavy (non-hydrogen) atoms. The SMILES string of the molecule is Fc1ccc(C[P+](c2ccccc2)(c2ccccc2)c2ccccc2)nc1. The highest BCUT2D eigenvalue weighted by molar-refractivity contribution is 7.95. The molecule has 132 valence electrons. The summed E-state index contributed by atoms with van der Waals surface area (Å²) in [6.07, 6.45) is 2.07. The number of aromatic nitrogens is 1. The average Bonchev–Trinajstić information content (AvgIpc) is 2.75. The molecule has 0 unspecified atom stereocenters. The summed E-state index contributed by atoms with van der Waals surface area (Å²) in [4.78, 5) is 4.39. The van der Waals surface area contributed by atoms with Crippen LogP contribution in [0.5, 0.6) is 0 Å². The van der Waals surface area contributed by atoms with Crippen molar-refractivity contribution in [1.29, 1.82) is 0 Å². The molecule has 0 fully saturated rings. The number of pyridine rings is 1. The van der Waals surface area contributed by atoms with Crippen LogP contribution in [-0.2, 0) is 6.16 Å². The van der Waals surface area contributed by atoms with Gasteiger partial charge in [-0.15, -0.1) is 0 Å². The van der Waals surface area contributed by atoms with E-state index in [2.05, 4.69) is 77.8 Å². The van der Waals surface area contributed by atoms with Crippen LogP contribution >= 0.6 is 7.26 Å². The fraction of sp³-hybridized carbons (Fsp3) is 0.0417. The Kier molecular flexibility index (Phi) is 5.09. The Labute approximate surface area is 159 Å². The Morgan fingerprint density at radius 3 is 1.41 bits per heavy atom. The molecule has 0 saturated heterocycles. The van der Waals surface area contributed by atoms with E-state index in [0.29, 0.717) is 0 Å². The quantitative estimate of drug-likeness (QED) is 0.462. The average molecular weight is 372 g/mol. The highest BCUT2D eigenvalue weighted by atomic mass is 31.2. The van der Waals surface area contributed by atoms with Crippen LogP contribution in [0.15, 0.2) is 109 Å². The van der Waals surface area contributed by atoms with E-state index < -0.39 is 7.26 Å². The third-order valence-electron chi connectivity index (χ3n) is 4.78. The Morgan fingerprint density at radius 2 is 1.04 bits per heavy atom. The number of rotatable bonds is 5. The van der Waals surface area contributed by atoms with Gasteiger partial charge in [-0.05, 0) is 48.5 Å². The summed E-state index contributed by atoms with van der Waals surface area (Å²) >= 11 is 0. The maximum Gasteiger partial charge on any atom is 0.141 e. The molecular weight excluding hydrogens is 352 g/mol. The van der Waals surface area contributed by atoms with Crippen molar-refractivity contribution in [3.8, 4) is 0 Å². The van der Waals surface area contributed by atoms with Crippen LogP contribution in [0.1, 0.15) is 5.69 Å². The first-order chi connectivity index (χ1) is 13.3. The van der Waals surface area contributed by atoms with E-state index in [1.54, 1.807) is 6.07 Å². The molecule has 4 rings (SSSR count). The molecule has 0 aliphatic heterocycles. The number of hydrogen-bond acceptors (Lipinski definition) is 1. The lowest BCUT2D eigenvalue weighted by atomic mass is 10.3. The van der Waals surface area contributed by atoms with E-state index in [4.69, 9.17) is 0 Å². The Morgan fingerprint density at radius 1 is 0.593 bits per heavy atom. The van der Waals surface area contributed by atoms with Crippen molar-refractivity contribution in [1.82, 2.24) is 4.98 Å². The van der Waals surface area contributed by atoms with Gasteiger partial charge < -0.3 is 0 Å². The summed E-state index contributed by atoms with van der Waals surface area (Å²) in [5, 5.41) is 3.90. The molecule has 0 aliphatic carbocycles. The molecule has 0 N–H and O–H groups in total. The van der Waals surface area contributed by atoms with Crippen LogP contribution in [-0.4, -0.2) is 4.98 Å². The predicted molar refractivity (Wildman–Crippen MR) is 113 cm³/mol. The van der Waals surface area contributed by atoms with Crippen molar-refractivity contribution >= 4 is 23.2 Å². The van der Waals surface area contributed by atoms with E-state index in [1.807, 2.05) is 18.2 Å². The van der Waals surface area contributed by atoms with Gasteiger partial charge in [-0.2, -0.15) is 0 Å². The lowest BCUT2D eigenvalue weighted by Crippen LogP contribution is -2.32. The van der Waals surface area contributed by atoms with Crippen LogP contribution in [0.3, 0.4) is 0 Å². The zero-order chi connectivity index (χ0) is 18.5. The molecule has 1 heterocycles. The number of hydrogen-bond donors (Lipinski definition) is 0. The Balaban J connectivity index is 1.98. The second-order valence-corrected chi connectivity index (χ2v) is 9.93. The topological polar surface area (TPSA) is 12.9 Å². The molecule has 3 aromatic carbocycles. The predicted octanol–water partition coefficient (Wildman–Crippen LogP) is 4.71. The molecule has 0 aliphatic rings. The molecule has 1 nitrogen and oxygen atoms in total. The summed E-state index contributed by atoms with van der Waals surface area (Å²) in [5.41, 5.74) is 0.904. The highest BCUT2D eigenvalue weighted by Crippen LogP contribution is 2.57. The van der Waals surface area contributed by atoms with E-state index in [0.717, 1.165) is 11.9 Å². The standard InChI is InChI=1S/C24H20FNP/c25-20-16-17-21(26-18-20)19-27(22-10-4-1-5-11-22,23-12-6-2-7-13-23)24-14-8-3-9-15-24/h1-18H,19H2/q+1. The van der Waals surface area contributed by atoms with Gasteiger partial charge >= 0.3 is 0 Å². The summed E-state index contributed by atoms with van der Waals surface area (Å²) in [7, 11) is -1.98. The van der Waals surface area contributed by atoms with Crippen molar-refractivity contribution in [3.63, 3.8) is 0 Å². The first-order valence-corrected chi connectivity index (χ1v) is 10.9. The van der Waals surface area contributed by atoms with Crippen molar-refractivity contribution in [2.75, 3.05) is 0 Å². The summed E-state index contributed by atoms with van der Waals surface area (Å²) < 4.78 is 13.4. The maximum atomic E-state index is 13.4. The molecule has 0 atom stereocenters. The zero-order valence-electron chi connectivity index (χ0n) is 14.9. The second kappa shape index (κ2) is 7.82. The number of benzene rings is 3. The van der Waals surface area contributed by atoms with Gasteiger partial charge in [-0.1, -0.05) is 54.6 Å². The molecule has 4 aromatic rings. The smallest absolute Gasteiger partial charge is 0.141 e. The first kappa shape index (κ1) is 17.6. The minimum atomic E-state index is -1.98. The van der Waals surface area contributed by atoms with Crippen LogP contribution in [0, 0.1) is 5.82 Å². The Hall–Kier alpha value is -2.83. The molecule has 0 spiro atoms. The maximum absolute atomic E-state index is 13.4. The number of nitrogens with zero attached hydrogens (tertiary/aromatic N) is 1. The summed E-state index contributed by atoms with van der Waals surface area (Å²) in [6.45, 7) is 0. The monoisotopic (exact) mass is 372 g/mol. The Bertz CT molecular complexity index is 890. The van der Waals surface area contributed by atoms with Gasteiger partial charge in [-0.3, -0.25) is 4.98 Å². The van der Waals surface area contributed by atoms with Gasteiger partial charge in [0.15, 0.2) is 0 Å². The van der Waals surface area contributed by atoms with Gasteiger partial charge in [0, 0.05) is 0 Å². The third-order valence-corrected chi connectivity index (χ3v) is 9.12. The van der Waals surface area contributed by atoms with Crippen molar-refractivity contribution in [2.45, 2.75) is 6.16 Å². The van der Waals surface area contributed by atoms with E-state index in [9.17, 15) is 4.39 Å². The zero-order valence-corrected chi connectivity index (χ0v) is 15.8. The first-order valence-electron chi connectivity index (χ1n) is 8.94. The second-order valence-electron chi connectivity index (χ2n) is 6.44. The van der Waals surface area contributed by atoms with Crippen LogP contribution in [0.25, 0.3) is 0 Å². The van der Waals surface area contributed by atoms with Gasteiger partial charge in [-0.25, -0.2) is 4.39 Å². The lowest BCUT2D eigenvalue weighted by Gasteiger charge is -2.27. The molecule has 0 bridgehead atoms.